The van der Waals surface area contributed by atoms with E-state index in [4.69, 9.17) is 18.9 Å². The number of carbonyl (C=O) groups is 1. The lowest BCUT2D eigenvalue weighted by atomic mass is 9.99. The van der Waals surface area contributed by atoms with Crippen LogP contribution in [0.25, 0.3) is 0 Å². The first-order valence-electron chi connectivity index (χ1n) is 26.8. The average Bonchev–Trinajstić information content (AvgIpc) is 3.27. The first kappa shape index (κ1) is 61.1. The van der Waals surface area contributed by atoms with Gasteiger partial charge in [0.05, 0.1) is 19.8 Å². The van der Waals surface area contributed by atoms with Gasteiger partial charge < -0.3 is 34.3 Å². The first-order chi connectivity index (χ1) is 31.1. The maximum Gasteiger partial charge on any atom is 0.397 e. The minimum Gasteiger partial charge on any atom is -0.457 e. The van der Waals surface area contributed by atoms with E-state index < -0.39 is 59.8 Å². The molecule has 0 aromatic heterocycles. The highest BCUT2D eigenvalue weighted by Crippen LogP contribution is 2.26. The molecule has 1 aliphatic heterocycles. The Kier molecular flexibility index (Phi) is 41.4. The van der Waals surface area contributed by atoms with Crippen LogP contribution >= 0.6 is 0 Å². The fraction of sp³-hybridized carbons (Fsp3) is 0.980. The molecule has 0 aromatic rings. The fourth-order valence-corrected chi connectivity index (χ4v) is 9.18. The summed E-state index contributed by atoms with van der Waals surface area (Å²) in [7, 11) is -5.06. The molecule has 0 saturated carbocycles. The summed E-state index contributed by atoms with van der Waals surface area (Å²) in [5.74, 6) is -0.391. The zero-order valence-electron chi connectivity index (χ0n) is 41.1. The minimum atomic E-state index is -5.06. The summed E-state index contributed by atoms with van der Waals surface area (Å²) in [6.45, 7) is 4.06. The summed E-state index contributed by atoms with van der Waals surface area (Å²) >= 11 is 0. The van der Waals surface area contributed by atoms with Gasteiger partial charge in [-0.3, -0.25) is 9.35 Å². The van der Waals surface area contributed by atoms with Gasteiger partial charge in [-0.15, -0.1) is 0 Å². The Morgan fingerprint density at radius 2 is 0.891 bits per heavy atom. The van der Waals surface area contributed by atoms with Crippen molar-refractivity contribution in [2.45, 2.75) is 295 Å². The van der Waals surface area contributed by atoms with Crippen molar-refractivity contribution in [3.05, 3.63) is 0 Å². The Morgan fingerprint density at radius 1 is 0.531 bits per heavy atom. The van der Waals surface area contributed by atoms with Crippen molar-refractivity contribution in [1.82, 2.24) is 0 Å². The number of aliphatic hydroxyl groups is 3. The van der Waals surface area contributed by atoms with E-state index in [0.717, 1.165) is 38.5 Å². The second-order valence-corrected chi connectivity index (χ2v) is 19.9. The van der Waals surface area contributed by atoms with E-state index in [1.54, 1.807) is 0 Å². The molecular formula is C51H100O12S. The third-order valence-electron chi connectivity index (χ3n) is 12.7. The van der Waals surface area contributed by atoms with Gasteiger partial charge in [-0.05, 0) is 12.8 Å². The number of rotatable bonds is 48. The number of carbonyl (C=O) groups excluding carboxylic acids is 1. The van der Waals surface area contributed by atoms with Gasteiger partial charge in [-0.25, -0.2) is 4.18 Å². The van der Waals surface area contributed by atoms with Crippen LogP contribution in [-0.4, -0.2) is 97.5 Å². The Labute approximate surface area is 392 Å². The van der Waals surface area contributed by atoms with Gasteiger partial charge in [-0.2, -0.15) is 8.42 Å². The van der Waals surface area contributed by atoms with Crippen molar-refractivity contribution >= 4 is 16.4 Å². The summed E-state index contributed by atoms with van der Waals surface area (Å²) in [4.78, 5) is 12.9. The fourth-order valence-electron chi connectivity index (χ4n) is 8.68. The Hall–Kier alpha value is -0.900. The van der Waals surface area contributed by atoms with Gasteiger partial charge in [0.2, 0.25) is 0 Å². The first-order valence-corrected chi connectivity index (χ1v) is 28.2. The van der Waals surface area contributed by atoms with Crippen LogP contribution in [0.5, 0.6) is 0 Å². The van der Waals surface area contributed by atoms with E-state index in [2.05, 4.69) is 18.0 Å². The van der Waals surface area contributed by atoms with Crippen LogP contribution in [0.1, 0.15) is 258 Å². The number of unbranched alkanes of at least 4 members (excludes halogenated alkanes) is 35. The normalized spacial score (nSPS) is 19.6. The van der Waals surface area contributed by atoms with E-state index in [9.17, 15) is 33.1 Å². The van der Waals surface area contributed by atoms with E-state index in [1.807, 2.05) is 0 Å². The van der Waals surface area contributed by atoms with Crippen molar-refractivity contribution in [3.8, 4) is 0 Å². The molecule has 1 fully saturated rings. The van der Waals surface area contributed by atoms with Gasteiger partial charge in [0.15, 0.2) is 6.29 Å². The SMILES string of the molecule is CCCCCCCCCCCCCCCCCCCCCCCOCC(COC1OC(CO)C(O)C(OS(=O)(=O)O)C1O)OC(=O)CCCCCCCCCCCCCCCCCC. The molecule has 0 radical (unpaired) electrons. The van der Waals surface area contributed by atoms with Gasteiger partial charge in [0.1, 0.15) is 30.5 Å². The number of aliphatic hydroxyl groups excluding tert-OH is 3. The largest absolute Gasteiger partial charge is 0.457 e. The molecule has 382 valence electrons. The second-order valence-electron chi connectivity index (χ2n) is 18.8. The molecular weight excluding hydrogens is 837 g/mol. The lowest BCUT2D eigenvalue weighted by Crippen LogP contribution is -2.60. The van der Waals surface area contributed by atoms with E-state index in [0.29, 0.717) is 13.0 Å². The predicted molar refractivity (Wildman–Crippen MR) is 258 cm³/mol. The Morgan fingerprint density at radius 3 is 1.25 bits per heavy atom. The number of esters is 1. The van der Waals surface area contributed by atoms with Crippen LogP contribution in [0.2, 0.25) is 0 Å². The van der Waals surface area contributed by atoms with E-state index >= 15 is 0 Å². The quantitative estimate of drug-likeness (QED) is 0.0258. The maximum absolute atomic E-state index is 12.9. The average molecular weight is 937 g/mol. The minimum absolute atomic E-state index is 0.0453. The molecule has 0 spiro atoms. The van der Waals surface area contributed by atoms with Crippen LogP contribution in [-0.2, 0) is 38.3 Å². The molecule has 0 bridgehead atoms. The molecule has 64 heavy (non-hydrogen) atoms. The molecule has 1 heterocycles. The topological polar surface area (TPSA) is 178 Å². The van der Waals surface area contributed by atoms with E-state index in [-0.39, 0.29) is 19.6 Å². The van der Waals surface area contributed by atoms with Crippen molar-refractivity contribution in [2.75, 3.05) is 26.4 Å². The van der Waals surface area contributed by atoms with Crippen LogP contribution in [0.4, 0.5) is 0 Å². The summed E-state index contributed by atoms with van der Waals surface area (Å²) in [6, 6.07) is 0. The Bertz CT molecular complexity index is 1130. The number of hydrogen-bond acceptors (Lipinski definition) is 11. The van der Waals surface area contributed by atoms with Crippen LogP contribution in [0.3, 0.4) is 0 Å². The monoisotopic (exact) mass is 937 g/mol. The summed E-state index contributed by atoms with van der Waals surface area (Å²) in [5, 5.41) is 30.8. The molecule has 0 aliphatic carbocycles. The zero-order valence-corrected chi connectivity index (χ0v) is 41.9. The van der Waals surface area contributed by atoms with Gasteiger partial charge in [-0.1, -0.05) is 239 Å². The van der Waals surface area contributed by atoms with Crippen molar-refractivity contribution in [2.24, 2.45) is 0 Å². The van der Waals surface area contributed by atoms with Gasteiger partial charge in [0.25, 0.3) is 0 Å². The molecule has 1 aliphatic rings. The van der Waals surface area contributed by atoms with Gasteiger partial charge >= 0.3 is 16.4 Å². The number of hydrogen-bond donors (Lipinski definition) is 4. The second kappa shape index (κ2) is 43.4. The van der Waals surface area contributed by atoms with Crippen molar-refractivity contribution < 1.29 is 56.2 Å². The molecule has 12 nitrogen and oxygen atoms in total. The zero-order chi connectivity index (χ0) is 46.8. The van der Waals surface area contributed by atoms with Crippen LogP contribution in [0, 0.1) is 0 Å². The summed E-state index contributed by atoms with van der Waals surface area (Å²) < 4.78 is 59.3. The smallest absolute Gasteiger partial charge is 0.397 e. The number of ether oxygens (including phenoxy) is 4. The molecule has 1 rings (SSSR count). The maximum atomic E-state index is 12.9. The summed E-state index contributed by atoms with van der Waals surface area (Å²) in [5.41, 5.74) is 0. The summed E-state index contributed by atoms with van der Waals surface area (Å²) in [6.07, 6.45) is 38.5. The van der Waals surface area contributed by atoms with Crippen molar-refractivity contribution in [1.29, 1.82) is 0 Å². The van der Waals surface area contributed by atoms with E-state index in [1.165, 1.54) is 193 Å². The molecule has 0 aromatic carbocycles. The molecule has 6 unspecified atom stereocenters. The standard InChI is InChI=1S/C51H100O12S/c1-3-5-7-9-11-13-15-17-19-21-22-23-24-25-27-29-31-33-35-37-39-41-59-43-45(44-60-51-49(55)50(63-64(56,57)58)48(54)46(42-52)62-51)61-47(53)40-38-36-34-32-30-28-26-20-18-16-14-12-10-8-6-4-2/h45-46,48-52,54-55H,3-44H2,1-2H3,(H,56,57,58). The Balaban J connectivity index is 2.31. The lowest BCUT2D eigenvalue weighted by Gasteiger charge is -2.41. The highest BCUT2D eigenvalue weighted by molar-refractivity contribution is 7.80. The molecule has 4 N–H and O–H groups in total. The third-order valence-corrected chi connectivity index (χ3v) is 13.2. The van der Waals surface area contributed by atoms with Crippen LogP contribution in [0.15, 0.2) is 0 Å². The van der Waals surface area contributed by atoms with Crippen molar-refractivity contribution in [3.63, 3.8) is 0 Å². The highest BCUT2D eigenvalue weighted by atomic mass is 32.3. The highest BCUT2D eigenvalue weighted by Gasteiger charge is 2.48. The molecule has 1 saturated heterocycles. The molecule has 0 amide bonds. The molecule has 13 heteroatoms. The van der Waals surface area contributed by atoms with Crippen LogP contribution < -0.4 is 0 Å². The third kappa shape index (κ3) is 36.2. The van der Waals surface area contributed by atoms with Gasteiger partial charge in [0, 0.05) is 13.0 Å². The predicted octanol–water partition coefficient (Wildman–Crippen LogP) is 12.4. The molecule has 6 atom stereocenters. The lowest BCUT2D eigenvalue weighted by molar-refractivity contribution is -0.301.